The van der Waals surface area contributed by atoms with Gasteiger partial charge in [-0.1, -0.05) is 24.3 Å². The van der Waals surface area contributed by atoms with Crippen LogP contribution in [0.5, 0.6) is 0 Å². The lowest BCUT2D eigenvalue weighted by molar-refractivity contribution is 0.0945. The quantitative estimate of drug-likeness (QED) is 0.875. The molecule has 98 valence electrons. The van der Waals surface area contributed by atoms with Gasteiger partial charge in [0, 0.05) is 18.1 Å². The molecular formula is C15H17N3O. The average molecular weight is 255 g/mol. The standard InChI is InChI=1S/C15H17N3O/c19-15(18-10-11-5-7-16-9-11)14-13-4-2-1-3-12(13)6-8-17-14/h1-4,6,8,11,16H,5,7,9-10H2,(H,18,19). The van der Waals surface area contributed by atoms with Gasteiger partial charge in [0.1, 0.15) is 5.69 Å². The molecule has 1 fully saturated rings. The third kappa shape index (κ3) is 2.58. The fraction of sp³-hybridized carbons (Fsp3) is 0.333. The number of rotatable bonds is 3. The minimum absolute atomic E-state index is 0.0799. The highest BCUT2D eigenvalue weighted by atomic mass is 16.1. The highest BCUT2D eigenvalue weighted by molar-refractivity contribution is 6.05. The number of aromatic nitrogens is 1. The van der Waals surface area contributed by atoms with Crippen molar-refractivity contribution in [3.63, 3.8) is 0 Å². The molecule has 0 aliphatic carbocycles. The van der Waals surface area contributed by atoms with E-state index in [1.807, 2.05) is 30.3 Å². The minimum Gasteiger partial charge on any atom is -0.350 e. The van der Waals surface area contributed by atoms with Gasteiger partial charge in [0.25, 0.3) is 5.91 Å². The molecule has 1 amide bonds. The summed E-state index contributed by atoms with van der Waals surface area (Å²) in [6, 6.07) is 9.76. The van der Waals surface area contributed by atoms with E-state index >= 15 is 0 Å². The Kier molecular flexibility index (Phi) is 3.42. The molecule has 4 heteroatoms. The second-order valence-corrected chi connectivity index (χ2v) is 4.95. The summed E-state index contributed by atoms with van der Waals surface area (Å²) in [7, 11) is 0. The van der Waals surface area contributed by atoms with Gasteiger partial charge in [0.2, 0.25) is 0 Å². The highest BCUT2D eigenvalue weighted by Crippen LogP contribution is 2.16. The van der Waals surface area contributed by atoms with Crippen LogP contribution in [0.4, 0.5) is 0 Å². The average Bonchev–Trinajstić information content (AvgIpc) is 2.97. The maximum atomic E-state index is 12.2. The molecule has 3 rings (SSSR count). The van der Waals surface area contributed by atoms with Gasteiger partial charge in [-0.25, -0.2) is 0 Å². The molecule has 2 heterocycles. The maximum absolute atomic E-state index is 12.2. The number of nitrogens with zero attached hydrogens (tertiary/aromatic N) is 1. The Morgan fingerprint density at radius 1 is 1.37 bits per heavy atom. The molecule has 2 N–H and O–H groups in total. The zero-order valence-corrected chi connectivity index (χ0v) is 10.7. The third-order valence-corrected chi connectivity index (χ3v) is 3.60. The fourth-order valence-electron chi connectivity index (χ4n) is 2.51. The van der Waals surface area contributed by atoms with Gasteiger partial charge in [-0.15, -0.1) is 0 Å². The SMILES string of the molecule is O=C(NCC1CCNC1)c1nccc2ccccc12. The molecule has 0 bridgehead atoms. The topological polar surface area (TPSA) is 54.0 Å². The van der Waals surface area contributed by atoms with Crippen LogP contribution < -0.4 is 10.6 Å². The minimum atomic E-state index is -0.0799. The predicted molar refractivity (Wildman–Crippen MR) is 75.1 cm³/mol. The first-order valence-corrected chi connectivity index (χ1v) is 6.67. The number of carbonyl (C=O) groups excluding carboxylic acids is 1. The van der Waals surface area contributed by atoms with Crippen LogP contribution in [0, 0.1) is 5.92 Å². The van der Waals surface area contributed by atoms with Crippen LogP contribution in [-0.4, -0.2) is 30.5 Å². The third-order valence-electron chi connectivity index (χ3n) is 3.60. The van der Waals surface area contributed by atoms with E-state index in [1.54, 1.807) is 6.20 Å². The highest BCUT2D eigenvalue weighted by Gasteiger charge is 2.17. The van der Waals surface area contributed by atoms with Crippen LogP contribution in [0.15, 0.2) is 36.5 Å². The van der Waals surface area contributed by atoms with Crippen molar-refractivity contribution in [1.29, 1.82) is 0 Å². The van der Waals surface area contributed by atoms with E-state index in [-0.39, 0.29) is 5.91 Å². The van der Waals surface area contributed by atoms with E-state index in [0.29, 0.717) is 11.6 Å². The lowest BCUT2D eigenvalue weighted by Gasteiger charge is -2.10. The number of hydrogen-bond acceptors (Lipinski definition) is 3. The number of carbonyl (C=O) groups is 1. The number of pyridine rings is 1. The van der Waals surface area contributed by atoms with E-state index in [4.69, 9.17) is 0 Å². The second kappa shape index (κ2) is 5.36. The predicted octanol–water partition coefficient (Wildman–Crippen LogP) is 1.57. The van der Waals surface area contributed by atoms with Crippen molar-refractivity contribution in [2.24, 2.45) is 5.92 Å². The molecule has 0 radical (unpaired) electrons. The van der Waals surface area contributed by atoms with Crippen molar-refractivity contribution in [3.05, 3.63) is 42.2 Å². The van der Waals surface area contributed by atoms with E-state index in [9.17, 15) is 4.79 Å². The van der Waals surface area contributed by atoms with Gasteiger partial charge in [-0.05, 0) is 36.9 Å². The number of hydrogen-bond donors (Lipinski definition) is 2. The lowest BCUT2D eigenvalue weighted by Crippen LogP contribution is -2.30. The summed E-state index contributed by atoms with van der Waals surface area (Å²) in [4.78, 5) is 16.4. The Morgan fingerprint density at radius 2 is 2.26 bits per heavy atom. The fourth-order valence-corrected chi connectivity index (χ4v) is 2.51. The largest absolute Gasteiger partial charge is 0.350 e. The summed E-state index contributed by atoms with van der Waals surface area (Å²) < 4.78 is 0. The first kappa shape index (κ1) is 12.1. The van der Waals surface area contributed by atoms with Crippen molar-refractivity contribution >= 4 is 16.7 Å². The summed E-state index contributed by atoms with van der Waals surface area (Å²) >= 11 is 0. The Labute approximate surface area is 112 Å². The molecule has 1 aliphatic rings. The van der Waals surface area contributed by atoms with E-state index in [1.165, 1.54) is 0 Å². The molecule has 1 unspecified atom stereocenters. The number of nitrogens with one attached hydrogen (secondary N) is 2. The lowest BCUT2D eigenvalue weighted by atomic mass is 10.1. The van der Waals surface area contributed by atoms with Gasteiger partial charge in [-0.3, -0.25) is 9.78 Å². The van der Waals surface area contributed by atoms with Gasteiger partial charge in [-0.2, -0.15) is 0 Å². The first-order valence-electron chi connectivity index (χ1n) is 6.67. The summed E-state index contributed by atoms with van der Waals surface area (Å²) in [5, 5.41) is 8.25. The van der Waals surface area contributed by atoms with Crippen molar-refractivity contribution < 1.29 is 4.79 Å². The Hall–Kier alpha value is -1.94. The van der Waals surface area contributed by atoms with Gasteiger partial charge < -0.3 is 10.6 Å². The van der Waals surface area contributed by atoms with Crippen molar-refractivity contribution in [1.82, 2.24) is 15.6 Å². The van der Waals surface area contributed by atoms with E-state index in [0.717, 1.165) is 36.8 Å². The number of benzene rings is 1. The Balaban J connectivity index is 1.77. The van der Waals surface area contributed by atoms with Gasteiger partial charge >= 0.3 is 0 Å². The van der Waals surface area contributed by atoms with Crippen molar-refractivity contribution in [2.45, 2.75) is 6.42 Å². The van der Waals surface area contributed by atoms with Crippen LogP contribution in [0.25, 0.3) is 10.8 Å². The van der Waals surface area contributed by atoms with E-state index in [2.05, 4.69) is 15.6 Å². The molecule has 0 spiro atoms. The molecule has 0 saturated carbocycles. The molecule has 1 aromatic heterocycles. The summed E-state index contributed by atoms with van der Waals surface area (Å²) in [5.41, 5.74) is 0.518. The van der Waals surface area contributed by atoms with Crippen LogP contribution in [0.3, 0.4) is 0 Å². The molecule has 1 aliphatic heterocycles. The van der Waals surface area contributed by atoms with Crippen molar-refractivity contribution in [3.8, 4) is 0 Å². The van der Waals surface area contributed by atoms with Gasteiger partial charge in [0.15, 0.2) is 0 Å². The number of fused-ring (bicyclic) bond motifs is 1. The molecule has 1 aromatic carbocycles. The van der Waals surface area contributed by atoms with Crippen LogP contribution in [0.1, 0.15) is 16.9 Å². The zero-order valence-electron chi connectivity index (χ0n) is 10.7. The Bertz CT molecular complexity index is 585. The molecule has 1 saturated heterocycles. The molecule has 2 aromatic rings. The molecule has 4 nitrogen and oxygen atoms in total. The monoisotopic (exact) mass is 255 g/mol. The van der Waals surface area contributed by atoms with Crippen molar-refractivity contribution in [2.75, 3.05) is 19.6 Å². The van der Waals surface area contributed by atoms with Crippen LogP contribution >= 0.6 is 0 Å². The smallest absolute Gasteiger partial charge is 0.270 e. The van der Waals surface area contributed by atoms with Gasteiger partial charge in [0.05, 0.1) is 0 Å². The zero-order chi connectivity index (χ0) is 13.1. The normalized spacial score (nSPS) is 18.6. The first-order chi connectivity index (χ1) is 9.34. The summed E-state index contributed by atoms with van der Waals surface area (Å²) in [6.45, 7) is 2.76. The number of amides is 1. The molecule has 19 heavy (non-hydrogen) atoms. The molecular weight excluding hydrogens is 238 g/mol. The Morgan fingerprint density at radius 3 is 3.11 bits per heavy atom. The van der Waals surface area contributed by atoms with Crippen LogP contribution in [0.2, 0.25) is 0 Å². The summed E-state index contributed by atoms with van der Waals surface area (Å²) in [6.07, 6.45) is 2.82. The summed E-state index contributed by atoms with van der Waals surface area (Å²) in [5.74, 6) is 0.461. The maximum Gasteiger partial charge on any atom is 0.270 e. The van der Waals surface area contributed by atoms with E-state index < -0.39 is 0 Å². The second-order valence-electron chi connectivity index (χ2n) is 4.95. The molecule has 1 atom stereocenters. The van der Waals surface area contributed by atoms with Crippen LogP contribution in [-0.2, 0) is 0 Å².